The van der Waals surface area contributed by atoms with Crippen LogP contribution in [0.25, 0.3) is 164 Å². The lowest BCUT2D eigenvalue weighted by Crippen LogP contribution is -2.31. The fourth-order valence-electron chi connectivity index (χ4n) is 17.1. The van der Waals surface area contributed by atoms with E-state index in [0.717, 1.165) is 28.4 Å². The lowest BCUT2D eigenvalue weighted by atomic mass is 9.87. The average Bonchev–Trinajstić information content (AvgIpc) is 0.785. The Labute approximate surface area is 697 Å². The molecule has 0 atom stereocenters. The lowest BCUT2D eigenvalue weighted by Gasteiger charge is -2.18. The van der Waals surface area contributed by atoms with Crippen LogP contribution in [0.4, 0.5) is 0 Å². The van der Waals surface area contributed by atoms with Crippen molar-refractivity contribution in [1.29, 1.82) is 0 Å². The summed E-state index contributed by atoms with van der Waals surface area (Å²) in [6, 6.07) is 78.8. The molecule has 0 bridgehead atoms. The lowest BCUT2D eigenvalue weighted by molar-refractivity contribution is -0.660. The van der Waals surface area contributed by atoms with Crippen molar-refractivity contribution in [2.24, 2.45) is 40.7 Å². The first-order valence-electron chi connectivity index (χ1n) is 40.9. The Bertz CT molecular complexity index is 7380. The highest BCUT2D eigenvalue weighted by Gasteiger charge is 2.23. The number of pyridine rings is 9. The number of aromatic nitrogens is 11. The van der Waals surface area contributed by atoms with Crippen LogP contribution in [0.1, 0.15) is 76.4 Å². The quantitative estimate of drug-likeness (QED) is 0.122. The SMILES string of the molecule is Cc1cc(-c2cc3c(ccc4ncccc43)cc2C)[n+](C)cc1C.Cc1cc2ccc3cccnc3c2cc1-c1cccc[n+]1C.Cc1cc2ccc3ncncc3c2cc1-c1cc(CC(C)(C)C)cc[n+]1C.Cc1cc[n+](C)c(-c2cc3c(ccc4cnccc43)cc2C)c1.Cc1ccc(-c2cc3c(ccc4ccncc43)cc2C)[n+](C)c1. The van der Waals surface area contributed by atoms with Crippen LogP contribution in [-0.4, -0.2) is 29.9 Å². The number of hydrogen-bond donors (Lipinski definition) is 0. The minimum atomic E-state index is 0.267. The minimum absolute atomic E-state index is 0.267. The highest BCUT2D eigenvalue weighted by atomic mass is 14.9. The summed E-state index contributed by atoms with van der Waals surface area (Å²) in [5.41, 5.74) is 28.9. The average molecular weight is 1550 g/mol. The van der Waals surface area contributed by atoms with Gasteiger partial charge in [0.2, 0.25) is 28.5 Å². The molecule has 11 heteroatoms. The van der Waals surface area contributed by atoms with Crippen LogP contribution in [0.5, 0.6) is 0 Å². The molecule has 0 saturated carbocycles. The molecular formula is C108H102N11+5. The number of benzene rings is 10. The number of aryl methyl sites for hydroxylation is 14. The van der Waals surface area contributed by atoms with Gasteiger partial charge in [0.25, 0.3) is 0 Å². The van der Waals surface area contributed by atoms with Crippen LogP contribution < -0.4 is 22.8 Å². The van der Waals surface area contributed by atoms with E-state index in [1.54, 1.807) is 6.33 Å². The maximum Gasteiger partial charge on any atom is 0.212 e. The summed E-state index contributed by atoms with van der Waals surface area (Å²) in [6.45, 7) is 26.4. The molecule has 0 saturated heterocycles. The molecule has 11 nitrogen and oxygen atoms in total. The molecule has 10 aromatic heterocycles. The number of nitrogens with zero attached hydrogens (tertiary/aromatic N) is 11. The van der Waals surface area contributed by atoms with Gasteiger partial charge in [-0.15, -0.1) is 0 Å². The molecule has 0 aliphatic rings. The number of fused-ring (bicyclic) bond motifs is 15. The van der Waals surface area contributed by atoms with E-state index >= 15 is 0 Å². The summed E-state index contributed by atoms with van der Waals surface area (Å²) < 4.78 is 11.0. The second-order valence-corrected chi connectivity index (χ2v) is 33.6. The molecular weight excluding hydrogens is 1450 g/mol. The summed E-state index contributed by atoms with van der Waals surface area (Å²) in [5.74, 6) is 0. The predicted molar refractivity (Wildman–Crippen MR) is 493 cm³/mol. The van der Waals surface area contributed by atoms with Gasteiger partial charge < -0.3 is 0 Å². The Morgan fingerprint density at radius 1 is 0.269 bits per heavy atom. The van der Waals surface area contributed by atoms with Crippen LogP contribution in [0.15, 0.2) is 299 Å². The van der Waals surface area contributed by atoms with Gasteiger partial charge in [0, 0.05) is 163 Å². The number of rotatable bonds is 6. The van der Waals surface area contributed by atoms with Gasteiger partial charge in [-0.1, -0.05) is 112 Å². The molecule has 0 N–H and O–H groups in total. The van der Waals surface area contributed by atoms with Gasteiger partial charge in [0.15, 0.2) is 31.0 Å². The van der Waals surface area contributed by atoms with E-state index in [4.69, 9.17) is 0 Å². The van der Waals surface area contributed by atoms with Gasteiger partial charge in [0.05, 0.1) is 16.6 Å². The van der Waals surface area contributed by atoms with Crippen molar-refractivity contribution in [2.45, 2.75) is 89.5 Å². The fraction of sp³-hybridized carbons (Fsp3) is 0.176. The van der Waals surface area contributed by atoms with Gasteiger partial charge >= 0.3 is 0 Å². The normalized spacial score (nSPS) is 11.4. The Hall–Kier alpha value is -13.8. The molecule has 20 aromatic rings. The fourth-order valence-corrected chi connectivity index (χ4v) is 17.1. The van der Waals surface area contributed by atoms with Crippen LogP contribution in [0, 0.1) is 67.7 Å². The second-order valence-electron chi connectivity index (χ2n) is 33.6. The molecule has 20 rings (SSSR count). The number of hydrogen-bond acceptors (Lipinski definition) is 6. The zero-order chi connectivity index (χ0) is 83.1. The first kappa shape index (κ1) is 79.1. The van der Waals surface area contributed by atoms with Gasteiger partial charge in [0.1, 0.15) is 41.6 Å². The monoisotopic (exact) mass is 1550 g/mol. The van der Waals surface area contributed by atoms with E-state index in [0.29, 0.717) is 0 Å². The molecule has 10 heterocycles. The van der Waals surface area contributed by atoms with E-state index in [-0.39, 0.29) is 5.41 Å². The Balaban J connectivity index is 0.000000111. The molecule has 0 spiro atoms. The van der Waals surface area contributed by atoms with Crippen LogP contribution >= 0.6 is 0 Å². The smallest absolute Gasteiger partial charge is 0.212 e. The van der Waals surface area contributed by atoms with E-state index in [9.17, 15) is 0 Å². The summed E-state index contributed by atoms with van der Waals surface area (Å²) in [7, 11) is 10.5. The van der Waals surface area contributed by atoms with Crippen LogP contribution in [0.3, 0.4) is 0 Å². The maximum absolute atomic E-state index is 4.59. The van der Waals surface area contributed by atoms with E-state index in [1.807, 2.05) is 55.5 Å². The largest absolute Gasteiger partial charge is 0.264 e. The molecule has 0 amide bonds. The molecule has 0 radical (unpaired) electrons. The molecule has 0 unspecified atom stereocenters. The third-order valence-corrected chi connectivity index (χ3v) is 23.4. The Morgan fingerprint density at radius 2 is 0.756 bits per heavy atom. The minimum Gasteiger partial charge on any atom is -0.264 e. The van der Waals surface area contributed by atoms with Crippen molar-refractivity contribution < 1.29 is 22.8 Å². The summed E-state index contributed by atoms with van der Waals surface area (Å²) in [6.07, 6.45) is 26.7. The third-order valence-electron chi connectivity index (χ3n) is 23.4. The maximum atomic E-state index is 4.59. The first-order chi connectivity index (χ1) is 57.4. The van der Waals surface area contributed by atoms with Gasteiger partial charge in [-0.25, -0.2) is 32.8 Å². The highest BCUT2D eigenvalue weighted by molar-refractivity contribution is 6.12. The van der Waals surface area contributed by atoms with Gasteiger partial charge in [-0.05, 0) is 257 Å². The molecule has 0 aliphatic carbocycles. The molecule has 0 fully saturated rings. The zero-order valence-electron chi connectivity index (χ0n) is 71.4. The standard InChI is InChI=1S/C24H26N3.C22H21N2.2C21H19N2.C20H17N2/c1-16-10-18-6-7-22-21(14-25-15-26-22)20(18)12-19(16)23-11-17(8-9-27(23)5)13-24(2,3)4;1-14-11-22(24(4)13-16(14)3)19-12-20-17(10-15(19)2)7-8-21-18(20)6-5-9-23-21;1-14-4-7-21(23(3)13-14)18-11-19-17(10-15(18)2)6-5-16-8-9-22-12-20(16)19;1-14-7-9-23(3)21(10-14)19-12-20-16(11-15(19)2)4-5-17-13-22-8-6-18(17)20;1-14-12-16-9-8-15-6-5-10-21-20(15)18(16)13-17(14)19-7-3-4-11-22(19)2/h6-12,14-15H,13H2,1-5H3;5-13H,1-4H3;2*4-13H,1-3H3;3-13H,1-2H3/q5*+1. The molecule has 584 valence electrons. The summed E-state index contributed by atoms with van der Waals surface area (Å²) in [5, 5.41) is 20.9. The van der Waals surface area contributed by atoms with E-state index in [2.05, 4.69) is 408 Å². The molecule has 10 aromatic carbocycles. The topological polar surface area (TPSA) is 96.7 Å². The molecule has 0 aliphatic heterocycles. The summed E-state index contributed by atoms with van der Waals surface area (Å²) >= 11 is 0. The third kappa shape index (κ3) is 16.5. The van der Waals surface area contributed by atoms with Crippen molar-refractivity contribution >= 4 is 108 Å². The van der Waals surface area contributed by atoms with Gasteiger partial charge in [-0.3, -0.25) is 19.9 Å². The van der Waals surface area contributed by atoms with Crippen molar-refractivity contribution in [2.75, 3.05) is 0 Å². The van der Waals surface area contributed by atoms with Crippen molar-refractivity contribution in [1.82, 2.24) is 29.9 Å². The molecule has 119 heavy (non-hydrogen) atoms. The Kier molecular flexibility index (Phi) is 22.0. The highest BCUT2D eigenvalue weighted by Crippen LogP contribution is 2.38. The zero-order valence-corrected chi connectivity index (χ0v) is 71.4. The van der Waals surface area contributed by atoms with Crippen molar-refractivity contribution in [3.05, 3.63) is 355 Å². The van der Waals surface area contributed by atoms with E-state index < -0.39 is 0 Å². The Morgan fingerprint density at radius 3 is 1.40 bits per heavy atom. The second kappa shape index (κ2) is 33.1. The predicted octanol–water partition coefficient (Wildman–Crippen LogP) is 23.2. The van der Waals surface area contributed by atoms with Crippen molar-refractivity contribution in [3.8, 4) is 56.3 Å². The first-order valence-corrected chi connectivity index (χ1v) is 40.9. The van der Waals surface area contributed by atoms with Crippen LogP contribution in [-0.2, 0) is 41.7 Å². The van der Waals surface area contributed by atoms with Crippen LogP contribution in [0.2, 0.25) is 0 Å². The summed E-state index contributed by atoms with van der Waals surface area (Å²) in [4.78, 5) is 26.3. The van der Waals surface area contributed by atoms with E-state index in [1.165, 1.54) is 198 Å². The van der Waals surface area contributed by atoms with Crippen molar-refractivity contribution in [3.63, 3.8) is 0 Å². The van der Waals surface area contributed by atoms with Gasteiger partial charge in [-0.2, -0.15) is 0 Å².